The Bertz CT molecular complexity index is 794. The van der Waals surface area contributed by atoms with E-state index in [0.717, 1.165) is 29.7 Å². The van der Waals surface area contributed by atoms with Crippen LogP contribution in [0.15, 0.2) is 66.1 Å². The molecule has 2 aromatic rings. The molecular weight excluding hydrogens is 294 g/mol. The highest BCUT2D eigenvalue weighted by Crippen LogP contribution is 2.35. The molecule has 3 rings (SSSR count). The van der Waals surface area contributed by atoms with E-state index in [9.17, 15) is 8.42 Å². The summed E-state index contributed by atoms with van der Waals surface area (Å²) < 4.78 is 27.7. The Balaban J connectivity index is 2.15. The fraction of sp³-hybridized carbons (Fsp3) is 0.222. The van der Waals surface area contributed by atoms with Crippen LogP contribution in [0.5, 0.6) is 0 Å². The predicted molar refractivity (Wildman–Crippen MR) is 89.6 cm³/mol. The molecule has 0 saturated carbocycles. The van der Waals surface area contributed by atoms with Crippen molar-refractivity contribution in [3.05, 3.63) is 72.3 Å². The van der Waals surface area contributed by atoms with Crippen molar-refractivity contribution in [3.63, 3.8) is 0 Å². The van der Waals surface area contributed by atoms with Gasteiger partial charge in [-0.05, 0) is 43.5 Å². The van der Waals surface area contributed by atoms with Gasteiger partial charge in [0.05, 0.1) is 16.6 Å². The van der Waals surface area contributed by atoms with Gasteiger partial charge in [0.25, 0.3) is 10.0 Å². The summed E-state index contributed by atoms with van der Waals surface area (Å²) in [7, 11) is -3.59. The summed E-state index contributed by atoms with van der Waals surface area (Å²) in [5.74, 6) is 0. The van der Waals surface area contributed by atoms with Gasteiger partial charge in [0, 0.05) is 0 Å². The SMILES string of the molecule is C=CC1CCc2ccccc2N1S(=O)(=O)c1ccc(C)cc1. The number of benzene rings is 2. The lowest BCUT2D eigenvalue weighted by Crippen LogP contribution is -2.42. The molecule has 114 valence electrons. The Labute approximate surface area is 132 Å². The lowest BCUT2D eigenvalue weighted by atomic mass is 9.98. The van der Waals surface area contributed by atoms with E-state index in [0.29, 0.717) is 4.90 Å². The number of hydrogen-bond acceptors (Lipinski definition) is 2. The van der Waals surface area contributed by atoms with Crippen molar-refractivity contribution in [1.29, 1.82) is 0 Å². The van der Waals surface area contributed by atoms with E-state index < -0.39 is 10.0 Å². The second-order valence-electron chi connectivity index (χ2n) is 5.58. The standard InChI is InChI=1S/C18H19NO2S/c1-3-16-11-10-15-6-4-5-7-18(15)19(16)22(20,21)17-12-8-14(2)9-13-17/h3-9,12-13,16H,1,10-11H2,2H3. The summed E-state index contributed by atoms with van der Waals surface area (Å²) in [5, 5.41) is 0. The van der Waals surface area contributed by atoms with E-state index in [1.165, 1.54) is 4.31 Å². The second kappa shape index (κ2) is 5.61. The monoisotopic (exact) mass is 313 g/mol. The molecule has 0 N–H and O–H groups in total. The van der Waals surface area contributed by atoms with Crippen LogP contribution in [0, 0.1) is 6.92 Å². The van der Waals surface area contributed by atoms with E-state index in [-0.39, 0.29) is 6.04 Å². The van der Waals surface area contributed by atoms with Gasteiger partial charge in [0.1, 0.15) is 0 Å². The zero-order chi connectivity index (χ0) is 15.7. The summed E-state index contributed by atoms with van der Waals surface area (Å²) in [5.41, 5.74) is 2.87. The van der Waals surface area contributed by atoms with E-state index in [2.05, 4.69) is 6.58 Å². The first-order chi connectivity index (χ1) is 10.5. The third-order valence-electron chi connectivity index (χ3n) is 4.09. The molecule has 1 unspecified atom stereocenters. The third kappa shape index (κ3) is 2.44. The number of aryl methyl sites for hydroxylation is 2. The van der Waals surface area contributed by atoms with E-state index >= 15 is 0 Å². The average molecular weight is 313 g/mol. The molecule has 0 bridgehead atoms. The number of para-hydroxylation sites is 1. The number of anilines is 1. The van der Waals surface area contributed by atoms with Crippen LogP contribution in [-0.2, 0) is 16.4 Å². The average Bonchev–Trinajstić information content (AvgIpc) is 2.54. The Morgan fingerprint density at radius 1 is 1.14 bits per heavy atom. The van der Waals surface area contributed by atoms with E-state index in [1.54, 1.807) is 18.2 Å². The zero-order valence-electron chi connectivity index (χ0n) is 12.6. The van der Waals surface area contributed by atoms with Gasteiger partial charge in [0.15, 0.2) is 0 Å². The normalized spacial score (nSPS) is 17.9. The van der Waals surface area contributed by atoms with Crippen LogP contribution in [-0.4, -0.2) is 14.5 Å². The summed E-state index contributed by atoms with van der Waals surface area (Å²) in [6.45, 7) is 5.77. The fourth-order valence-corrected chi connectivity index (χ4v) is 4.57. The molecule has 0 aromatic heterocycles. The smallest absolute Gasteiger partial charge is 0.259 e. The number of hydrogen-bond donors (Lipinski definition) is 0. The zero-order valence-corrected chi connectivity index (χ0v) is 13.4. The van der Waals surface area contributed by atoms with Crippen LogP contribution in [0.25, 0.3) is 0 Å². The van der Waals surface area contributed by atoms with Crippen LogP contribution in [0.4, 0.5) is 5.69 Å². The molecule has 2 aromatic carbocycles. The number of nitrogens with zero attached hydrogens (tertiary/aromatic N) is 1. The number of fused-ring (bicyclic) bond motifs is 1. The minimum absolute atomic E-state index is 0.207. The molecule has 22 heavy (non-hydrogen) atoms. The molecule has 4 heteroatoms. The molecule has 0 aliphatic carbocycles. The van der Waals surface area contributed by atoms with Crippen LogP contribution >= 0.6 is 0 Å². The maximum absolute atomic E-state index is 13.1. The lowest BCUT2D eigenvalue weighted by molar-refractivity contribution is 0.575. The molecule has 1 atom stereocenters. The highest BCUT2D eigenvalue weighted by atomic mass is 32.2. The summed E-state index contributed by atoms with van der Waals surface area (Å²) in [4.78, 5) is 0.321. The van der Waals surface area contributed by atoms with E-state index in [1.807, 2.05) is 43.3 Å². The first kappa shape index (κ1) is 14.9. The quantitative estimate of drug-likeness (QED) is 0.810. The van der Waals surface area contributed by atoms with Crippen LogP contribution in [0.3, 0.4) is 0 Å². The van der Waals surface area contributed by atoms with Crippen LogP contribution in [0.2, 0.25) is 0 Å². The number of rotatable bonds is 3. The predicted octanol–water partition coefficient (Wildman–Crippen LogP) is 3.69. The first-order valence-electron chi connectivity index (χ1n) is 7.35. The number of sulfonamides is 1. The van der Waals surface area contributed by atoms with Crippen LogP contribution < -0.4 is 4.31 Å². The van der Waals surface area contributed by atoms with Gasteiger partial charge in [0.2, 0.25) is 0 Å². The van der Waals surface area contributed by atoms with Gasteiger partial charge in [-0.1, -0.05) is 42.0 Å². The summed E-state index contributed by atoms with van der Waals surface area (Å²) >= 11 is 0. The first-order valence-corrected chi connectivity index (χ1v) is 8.79. The topological polar surface area (TPSA) is 37.4 Å². The Hall–Kier alpha value is -2.07. The van der Waals surface area contributed by atoms with Gasteiger partial charge < -0.3 is 0 Å². The van der Waals surface area contributed by atoms with Crippen molar-refractivity contribution in [2.75, 3.05) is 4.31 Å². The minimum atomic E-state index is -3.59. The molecule has 0 saturated heterocycles. The molecule has 3 nitrogen and oxygen atoms in total. The maximum atomic E-state index is 13.1. The summed E-state index contributed by atoms with van der Waals surface area (Å²) in [6.07, 6.45) is 3.35. The summed E-state index contributed by atoms with van der Waals surface area (Å²) in [6, 6.07) is 14.5. The maximum Gasteiger partial charge on any atom is 0.264 e. The van der Waals surface area contributed by atoms with Gasteiger partial charge in [-0.25, -0.2) is 8.42 Å². The minimum Gasteiger partial charge on any atom is -0.259 e. The molecule has 1 aliphatic rings. The molecule has 0 amide bonds. The largest absolute Gasteiger partial charge is 0.264 e. The van der Waals surface area contributed by atoms with Gasteiger partial charge >= 0.3 is 0 Å². The Kier molecular flexibility index (Phi) is 3.79. The lowest BCUT2D eigenvalue weighted by Gasteiger charge is -2.36. The molecular formula is C18H19NO2S. The highest BCUT2D eigenvalue weighted by Gasteiger charge is 2.34. The van der Waals surface area contributed by atoms with Crippen molar-refractivity contribution in [1.82, 2.24) is 0 Å². The molecule has 0 fully saturated rings. The highest BCUT2D eigenvalue weighted by molar-refractivity contribution is 7.92. The van der Waals surface area contributed by atoms with Crippen molar-refractivity contribution >= 4 is 15.7 Å². The van der Waals surface area contributed by atoms with Crippen molar-refractivity contribution in [2.45, 2.75) is 30.7 Å². The fourth-order valence-electron chi connectivity index (χ4n) is 2.88. The van der Waals surface area contributed by atoms with Crippen LogP contribution in [0.1, 0.15) is 17.5 Å². The molecule has 0 spiro atoms. The Morgan fingerprint density at radius 2 is 1.82 bits per heavy atom. The second-order valence-corrected chi connectivity index (χ2v) is 7.40. The third-order valence-corrected chi connectivity index (χ3v) is 5.94. The molecule has 1 heterocycles. The molecule has 0 radical (unpaired) electrons. The van der Waals surface area contributed by atoms with Crippen molar-refractivity contribution in [3.8, 4) is 0 Å². The van der Waals surface area contributed by atoms with E-state index in [4.69, 9.17) is 0 Å². The Morgan fingerprint density at radius 3 is 2.50 bits per heavy atom. The van der Waals surface area contributed by atoms with Crippen molar-refractivity contribution < 1.29 is 8.42 Å². The van der Waals surface area contributed by atoms with Gasteiger partial charge in [-0.2, -0.15) is 0 Å². The molecule has 1 aliphatic heterocycles. The van der Waals surface area contributed by atoms with Gasteiger partial charge in [-0.15, -0.1) is 6.58 Å². The van der Waals surface area contributed by atoms with Crippen molar-refractivity contribution in [2.24, 2.45) is 0 Å². The van der Waals surface area contributed by atoms with Gasteiger partial charge in [-0.3, -0.25) is 4.31 Å².